The fourth-order valence-electron chi connectivity index (χ4n) is 4.80. The van der Waals surface area contributed by atoms with E-state index in [-0.39, 0.29) is 11.9 Å². The molecule has 0 saturated heterocycles. The summed E-state index contributed by atoms with van der Waals surface area (Å²) in [5, 5.41) is 9.61. The van der Waals surface area contributed by atoms with Gasteiger partial charge >= 0.3 is 6.18 Å². The normalized spacial score (nSPS) is 25.3. The Morgan fingerprint density at radius 3 is 2.62 bits per heavy atom. The van der Waals surface area contributed by atoms with Gasteiger partial charge in [0.2, 0.25) is 11.9 Å². The first-order valence-electron chi connectivity index (χ1n) is 10.9. The Balaban J connectivity index is 1.29. The van der Waals surface area contributed by atoms with E-state index in [0.29, 0.717) is 40.7 Å². The van der Waals surface area contributed by atoms with Crippen LogP contribution in [-0.2, 0) is 15.7 Å². The summed E-state index contributed by atoms with van der Waals surface area (Å²) in [5.41, 5.74) is -0.508. The summed E-state index contributed by atoms with van der Waals surface area (Å²) in [6, 6.07) is 0.0903. The number of ether oxygens (including phenoxy) is 1. The number of hydrogen-bond acceptors (Lipinski definition) is 8. The van der Waals surface area contributed by atoms with Gasteiger partial charge in [0.25, 0.3) is 5.91 Å². The van der Waals surface area contributed by atoms with E-state index in [1.54, 1.807) is 26.0 Å². The molecule has 0 radical (unpaired) electrons. The van der Waals surface area contributed by atoms with Crippen LogP contribution in [0.25, 0.3) is 0 Å². The molecule has 2 N–H and O–H groups in total. The number of aromatic nitrogens is 4. The lowest BCUT2D eigenvalue weighted by Gasteiger charge is -2.39. The van der Waals surface area contributed by atoms with Crippen molar-refractivity contribution in [3.8, 4) is 0 Å². The molecule has 2 aliphatic carbocycles. The summed E-state index contributed by atoms with van der Waals surface area (Å²) in [6.45, 7) is 1.76. The maximum Gasteiger partial charge on any atom is 0.433 e. The molecule has 1 aliphatic heterocycles. The van der Waals surface area contributed by atoms with Crippen LogP contribution in [0.1, 0.15) is 41.9 Å². The lowest BCUT2D eigenvalue weighted by atomic mass is 9.79. The Bertz CT molecular complexity index is 1150. The van der Waals surface area contributed by atoms with Gasteiger partial charge in [0, 0.05) is 26.1 Å². The fraction of sp³-hybridized carbons (Fsp3) is 0.571. The average Bonchev–Trinajstić information content (AvgIpc) is 3.34. The number of amides is 1. The number of carbonyl (C=O) groups is 2. The maximum atomic E-state index is 13.1. The highest BCUT2D eigenvalue weighted by molar-refractivity contribution is 6.04. The Morgan fingerprint density at radius 2 is 2.00 bits per heavy atom. The summed E-state index contributed by atoms with van der Waals surface area (Å²) in [6.07, 6.45) is -1.46. The fourth-order valence-corrected chi connectivity index (χ4v) is 4.80. The average molecular weight is 479 g/mol. The molecule has 3 aliphatic rings. The van der Waals surface area contributed by atoms with E-state index < -0.39 is 35.3 Å². The molecule has 2 aromatic rings. The predicted molar refractivity (Wildman–Crippen MR) is 115 cm³/mol. The molecule has 0 spiro atoms. The molecule has 34 heavy (non-hydrogen) atoms. The van der Waals surface area contributed by atoms with Crippen LogP contribution in [0.5, 0.6) is 0 Å². The lowest BCUT2D eigenvalue weighted by Crippen LogP contribution is -2.55. The zero-order chi connectivity index (χ0) is 24.4. The van der Waals surface area contributed by atoms with Gasteiger partial charge in [-0.1, -0.05) is 0 Å². The molecule has 2 fully saturated rings. The first kappa shape index (κ1) is 22.6. The third kappa shape index (κ3) is 3.58. The smallest absolute Gasteiger partial charge is 0.376 e. The van der Waals surface area contributed by atoms with Crippen LogP contribution in [-0.4, -0.2) is 63.4 Å². The van der Waals surface area contributed by atoms with Crippen molar-refractivity contribution in [2.45, 2.75) is 56.5 Å². The number of fused-ring (bicyclic) bond motifs is 1. The second-order valence-corrected chi connectivity index (χ2v) is 9.08. The molecule has 182 valence electrons. The van der Waals surface area contributed by atoms with Gasteiger partial charge in [-0.25, -0.2) is 4.98 Å². The van der Waals surface area contributed by atoms with Crippen molar-refractivity contribution in [1.29, 1.82) is 0 Å². The van der Waals surface area contributed by atoms with Crippen molar-refractivity contribution in [3.63, 3.8) is 0 Å². The Kier molecular flexibility index (Phi) is 5.08. The molecule has 1 atom stereocenters. The minimum Gasteiger partial charge on any atom is -0.376 e. The van der Waals surface area contributed by atoms with Gasteiger partial charge in [0.15, 0.2) is 11.5 Å². The van der Waals surface area contributed by atoms with Gasteiger partial charge in [-0.05, 0) is 38.7 Å². The Morgan fingerprint density at radius 1 is 1.29 bits per heavy atom. The summed E-state index contributed by atoms with van der Waals surface area (Å²) in [5.74, 6) is -0.552. The topological polar surface area (TPSA) is 114 Å². The van der Waals surface area contributed by atoms with E-state index in [9.17, 15) is 22.8 Å². The quantitative estimate of drug-likeness (QED) is 0.672. The van der Waals surface area contributed by atoms with Crippen molar-refractivity contribution < 1.29 is 27.5 Å². The van der Waals surface area contributed by atoms with Crippen LogP contribution in [0.15, 0.2) is 12.3 Å². The number of rotatable bonds is 5. The summed E-state index contributed by atoms with van der Waals surface area (Å²) in [4.78, 5) is 36.1. The molecule has 0 aromatic carbocycles. The van der Waals surface area contributed by atoms with Crippen molar-refractivity contribution in [1.82, 2.24) is 19.7 Å². The number of halogens is 3. The summed E-state index contributed by atoms with van der Waals surface area (Å²) < 4.78 is 45.3. The molecule has 5 rings (SSSR count). The molecule has 2 saturated carbocycles. The van der Waals surface area contributed by atoms with Crippen molar-refractivity contribution >= 4 is 29.3 Å². The SMILES string of the molecule is COC1(C2C(=O)Nc3c(C)nc(N[C@H]4C[C@@H](C(=O)n5nccc5C(F)(F)F)C4)nc3N2C)CC1. The lowest BCUT2D eigenvalue weighted by molar-refractivity contribution is -0.143. The molecule has 10 nitrogen and oxygen atoms in total. The van der Waals surface area contributed by atoms with Gasteiger partial charge in [-0.3, -0.25) is 9.59 Å². The first-order valence-corrected chi connectivity index (χ1v) is 10.9. The number of carbonyl (C=O) groups excluding carboxylic acids is 2. The van der Waals surface area contributed by atoms with E-state index in [4.69, 9.17) is 4.74 Å². The van der Waals surface area contributed by atoms with E-state index in [1.807, 2.05) is 0 Å². The van der Waals surface area contributed by atoms with Crippen LogP contribution < -0.4 is 15.5 Å². The zero-order valence-electron chi connectivity index (χ0n) is 18.8. The summed E-state index contributed by atoms with van der Waals surface area (Å²) >= 11 is 0. The van der Waals surface area contributed by atoms with Crippen molar-refractivity contribution in [2.75, 3.05) is 29.7 Å². The molecule has 3 heterocycles. The number of nitrogens with zero attached hydrogens (tertiary/aromatic N) is 5. The van der Waals surface area contributed by atoms with Crippen LogP contribution >= 0.6 is 0 Å². The van der Waals surface area contributed by atoms with Gasteiger partial charge in [-0.2, -0.15) is 27.9 Å². The number of nitrogens with one attached hydrogen (secondary N) is 2. The van der Waals surface area contributed by atoms with Crippen LogP contribution in [0.3, 0.4) is 0 Å². The molecule has 13 heteroatoms. The second-order valence-electron chi connectivity index (χ2n) is 9.08. The molecule has 0 bridgehead atoms. The second kappa shape index (κ2) is 7.65. The maximum absolute atomic E-state index is 13.1. The highest BCUT2D eigenvalue weighted by atomic mass is 19.4. The van der Waals surface area contributed by atoms with Gasteiger partial charge in [0.05, 0.1) is 17.5 Å². The minimum absolute atomic E-state index is 0.168. The largest absolute Gasteiger partial charge is 0.433 e. The zero-order valence-corrected chi connectivity index (χ0v) is 18.8. The van der Waals surface area contributed by atoms with E-state index in [2.05, 4.69) is 25.7 Å². The Hall–Kier alpha value is -3.22. The standard InChI is InChI=1S/C21H24F3N7O3/c1-10-14-16(30(2)15(17(32)28-14)20(34-3)5-6-20)29-19(26-10)27-12-8-11(9-12)18(33)31-13(4-7-25-31)21(22,23)24/h4,7,11-12,15H,5-6,8-9H2,1-3H3,(H,28,32)(H,26,27,29)/t11-,12+,15?. The van der Waals surface area contributed by atoms with Gasteiger partial charge in [-0.15, -0.1) is 0 Å². The number of aryl methyl sites for hydroxylation is 1. The number of hydrogen-bond donors (Lipinski definition) is 2. The summed E-state index contributed by atoms with van der Waals surface area (Å²) in [7, 11) is 3.38. The third-order valence-electron chi connectivity index (χ3n) is 6.90. The number of anilines is 3. The van der Waals surface area contributed by atoms with Crippen LogP contribution in [0, 0.1) is 12.8 Å². The number of alkyl halides is 3. The van der Waals surface area contributed by atoms with E-state index in [0.717, 1.165) is 25.1 Å². The molecular weight excluding hydrogens is 455 g/mol. The van der Waals surface area contributed by atoms with Crippen LogP contribution in [0.2, 0.25) is 0 Å². The highest BCUT2D eigenvalue weighted by Crippen LogP contribution is 2.47. The molecule has 1 unspecified atom stereocenters. The van der Waals surface area contributed by atoms with Gasteiger partial charge < -0.3 is 20.3 Å². The highest BCUT2D eigenvalue weighted by Gasteiger charge is 2.57. The van der Waals surface area contributed by atoms with Crippen molar-refractivity contribution in [3.05, 3.63) is 23.7 Å². The molecule has 2 aromatic heterocycles. The monoisotopic (exact) mass is 479 g/mol. The van der Waals surface area contributed by atoms with E-state index in [1.165, 1.54) is 0 Å². The van der Waals surface area contributed by atoms with Crippen molar-refractivity contribution in [2.24, 2.45) is 5.92 Å². The molecular formula is C21H24F3N7O3. The van der Waals surface area contributed by atoms with Gasteiger partial charge in [0.1, 0.15) is 11.7 Å². The minimum atomic E-state index is -4.65. The number of likely N-dealkylation sites (N-methyl/N-ethyl adjacent to an activating group) is 1. The van der Waals surface area contributed by atoms with Crippen LogP contribution in [0.4, 0.5) is 30.6 Å². The third-order valence-corrected chi connectivity index (χ3v) is 6.90. The Labute approximate surface area is 192 Å². The predicted octanol–water partition coefficient (Wildman–Crippen LogP) is 2.47. The number of methoxy groups -OCH3 is 1. The van der Waals surface area contributed by atoms with E-state index >= 15 is 0 Å². The first-order chi connectivity index (χ1) is 16.0. The molecule has 1 amide bonds.